The van der Waals surface area contributed by atoms with E-state index in [4.69, 9.17) is 9.47 Å². The van der Waals surface area contributed by atoms with Gasteiger partial charge in [-0.3, -0.25) is 4.79 Å². The fourth-order valence-corrected chi connectivity index (χ4v) is 4.53. The molecule has 0 bridgehead atoms. The number of ether oxygens (including phenoxy) is 3. The molecule has 11 heteroatoms. The lowest BCUT2D eigenvalue weighted by Crippen LogP contribution is -2.40. The van der Waals surface area contributed by atoms with Gasteiger partial charge < -0.3 is 19.5 Å². The van der Waals surface area contributed by atoms with E-state index in [-0.39, 0.29) is 28.8 Å². The van der Waals surface area contributed by atoms with E-state index >= 15 is 0 Å². The Morgan fingerprint density at radius 2 is 1.85 bits per heavy atom. The molecule has 1 amide bonds. The number of rotatable bonds is 9. The van der Waals surface area contributed by atoms with Crippen LogP contribution in [0.5, 0.6) is 11.5 Å². The van der Waals surface area contributed by atoms with Gasteiger partial charge in [0.1, 0.15) is 0 Å². The van der Waals surface area contributed by atoms with Gasteiger partial charge in [-0.2, -0.15) is 13.1 Å². The first-order chi connectivity index (χ1) is 15.8. The molecule has 1 aliphatic heterocycles. The fourth-order valence-electron chi connectivity index (χ4n) is 3.12. The molecule has 2 aromatic carbocycles. The summed E-state index contributed by atoms with van der Waals surface area (Å²) in [5, 5.41) is 2.67. The Morgan fingerprint density at radius 3 is 2.48 bits per heavy atom. The molecule has 1 fully saturated rings. The van der Waals surface area contributed by atoms with Crippen LogP contribution >= 0.6 is 0 Å². The Bertz CT molecular complexity index is 1080. The number of carbonyl (C=O) groups excluding carboxylic acids is 1. The van der Waals surface area contributed by atoms with E-state index in [1.807, 2.05) is 0 Å². The molecule has 0 atom stereocenters. The maximum Gasteiger partial charge on any atom is 0.387 e. The Balaban J connectivity index is 1.56. The summed E-state index contributed by atoms with van der Waals surface area (Å²) < 4.78 is 66.1. The van der Waals surface area contributed by atoms with Crippen LogP contribution in [0.25, 0.3) is 6.08 Å². The number of alkyl halides is 2. The molecule has 1 aliphatic rings. The van der Waals surface area contributed by atoms with Crippen LogP contribution < -0.4 is 14.8 Å². The second-order valence-electron chi connectivity index (χ2n) is 7.00. The van der Waals surface area contributed by atoms with Gasteiger partial charge in [-0.1, -0.05) is 18.2 Å². The van der Waals surface area contributed by atoms with Crippen molar-refractivity contribution >= 4 is 22.0 Å². The second-order valence-corrected chi connectivity index (χ2v) is 8.94. The Morgan fingerprint density at radius 1 is 1.15 bits per heavy atom. The highest BCUT2D eigenvalue weighted by atomic mass is 32.2. The summed E-state index contributed by atoms with van der Waals surface area (Å²) in [6.07, 6.45) is 2.87. The molecule has 0 radical (unpaired) electrons. The molecule has 8 nitrogen and oxygen atoms in total. The van der Waals surface area contributed by atoms with Crippen LogP contribution in [0.1, 0.15) is 11.1 Å². The average molecular weight is 483 g/mol. The molecule has 33 heavy (non-hydrogen) atoms. The third kappa shape index (κ3) is 6.73. The lowest BCUT2D eigenvalue weighted by atomic mass is 10.2. The summed E-state index contributed by atoms with van der Waals surface area (Å²) in [6.45, 7) is -1.45. The molecule has 178 valence electrons. The van der Waals surface area contributed by atoms with Gasteiger partial charge in [-0.15, -0.1) is 0 Å². The van der Waals surface area contributed by atoms with Crippen molar-refractivity contribution in [2.45, 2.75) is 18.1 Å². The molecule has 0 aromatic heterocycles. The van der Waals surface area contributed by atoms with Gasteiger partial charge in [-0.25, -0.2) is 8.42 Å². The van der Waals surface area contributed by atoms with Gasteiger partial charge in [0.15, 0.2) is 11.5 Å². The summed E-state index contributed by atoms with van der Waals surface area (Å²) in [7, 11) is -2.25. The monoisotopic (exact) mass is 482 g/mol. The van der Waals surface area contributed by atoms with Crippen molar-refractivity contribution in [3.05, 3.63) is 59.7 Å². The number of hydrogen-bond donors (Lipinski definition) is 1. The molecule has 0 spiro atoms. The van der Waals surface area contributed by atoms with Crippen LogP contribution in [0.2, 0.25) is 0 Å². The summed E-state index contributed by atoms with van der Waals surface area (Å²) in [4.78, 5) is 12.3. The molecule has 1 saturated heterocycles. The summed E-state index contributed by atoms with van der Waals surface area (Å²) in [6, 6.07) is 10.6. The van der Waals surface area contributed by atoms with Crippen LogP contribution in [0.15, 0.2) is 53.4 Å². The van der Waals surface area contributed by atoms with E-state index in [1.54, 1.807) is 18.2 Å². The molecule has 3 rings (SSSR count). The fraction of sp³-hybridized carbons (Fsp3) is 0.318. The summed E-state index contributed by atoms with van der Waals surface area (Å²) >= 11 is 0. The van der Waals surface area contributed by atoms with Gasteiger partial charge in [0.2, 0.25) is 15.9 Å². The van der Waals surface area contributed by atoms with E-state index in [0.29, 0.717) is 37.4 Å². The zero-order chi connectivity index (χ0) is 23.8. The normalized spacial score (nSPS) is 15.0. The van der Waals surface area contributed by atoms with E-state index in [9.17, 15) is 22.0 Å². The minimum atomic E-state index is -3.58. The summed E-state index contributed by atoms with van der Waals surface area (Å²) in [5.74, 6) is -0.349. The Hall–Kier alpha value is -3.02. The predicted molar refractivity (Wildman–Crippen MR) is 117 cm³/mol. The highest BCUT2D eigenvalue weighted by Crippen LogP contribution is 2.29. The minimum Gasteiger partial charge on any atom is -0.493 e. The number of methoxy groups -OCH3 is 1. The van der Waals surface area contributed by atoms with Gasteiger partial charge in [0.25, 0.3) is 0 Å². The Labute approximate surface area is 190 Å². The van der Waals surface area contributed by atoms with Crippen molar-refractivity contribution in [2.24, 2.45) is 0 Å². The van der Waals surface area contributed by atoms with Gasteiger partial charge in [-0.05, 0) is 41.5 Å². The molecule has 0 saturated carbocycles. The number of morpholine rings is 1. The molecular weight excluding hydrogens is 458 g/mol. The van der Waals surface area contributed by atoms with Crippen molar-refractivity contribution in [2.75, 3.05) is 33.4 Å². The quantitative estimate of drug-likeness (QED) is 0.553. The smallest absolute Gasteiger partial charge is 0.387 e. The van der Waals surface area contributed by atoms with Crippen LogP contribution in [-0.2, 0) is 26.1 Å². The van der Waals surface area contributed by atoms with Crippen molar-refractivity contribution < 1.29 is 36.2 Å². The number of carbonyl (C=O) groups is 1. The van der Waals surface area contributed by atoms with Gasteiger partial charge in [0, 0.05) is 25.7 Å². The highest BCUT2D eigenvalue weighted by Gasteiger charge is 2.25. The van der Waals surface area contributed by atoms with Crippen LogP contribution in [0.4, 0.5) is 8.78 Å². The van der Waals surface area contributed by atoms with E-state index < -0.39 is 16.6 Å². The molecular formula is C22H24F2N2O6S. The maximum atomic E-state index is 12.6. The maximum absolute atomic E-state index is 12.6. The number of sulfonamides is 1. The van der Waals surface area contributed by atoms with Gasteiger partial charge >= 0.3 is 6.61 Å². The number of amides is 1. The highest BCUT2D eigenvalue weighted by molar-refractivity contribution is 7.89. The predicted octanol–water partition coefficient (Wildman–Crippen LogP) is 2.65. The standard InChI is InChI=1S/C22H24F2N2O6S/c1-30-20-14-17(4-8-19(20)32-22(23)24)15-25-21(27)9-5-16-2-6-18(7-3-16)33(28,29)26-10-12-31-13-11-26/h2-9,14,22H,10-13,15H2,1H3,(H,25,27)/b9-5+. The average Bonchev–Trinajstić information content (AvgIpc) is 2.82. The van der Waals surface area contributed by atoms with Crippen molar-refractivity contribution in [3.63, 3.8) is 0 Å². The number of benzene rings is 2. The first kappa shape index (κ1) is 24.6. The molecule has 0 unspecified atom stereocenters. The van der Waals surface area contributed by atoms with Crippen LogP contribution in [0.3, 0.4) is 0 Å². The molecule has 2 aromatic rings. The van der Waals surface area contributed by atoms with Crippen LogP contribution in [0, 0.1) is 0 Å². The number of nitrogens with one attached hydrogen (secondary N) is 1. The molecule has 0 aliphatic carbocycles. The minimum absolute atomic E-state index is 0.0958. The lowest BCUT2D eigenvalue weighted by molar-refractivity contribution is -0.116. The van der Waals surface area contributed by atoms with E-state index in [2.05, 4.69) is 10.1 Å². The lowest BCUT2D eigenvalue weighted by Gasteiger charge is -2.26. The number of nitrogens with zero attached hydrogens (tertiary/aromatic N) is 1. The largest absolute Gasteiger partial charge is 0.493 e. The second kappa shape index (κ2) is 11.2. The van der Waals surface area contributed by atoms with E-state index in [1.165, 1.54) is 47.8 Å². The Kier molecular flexibility index (Phi) is 8.37. The van der Waals surface area contributed by atoms with Crippen molar-refractivity contribution in [1.82, 2.24) is 9.62 Å². The zero-order valence-electron chi connectivity index (χ0n) is 17.9. The van der Waals surface area contributed by atoms with Crippen molar-refractivity contribution in [3.8, 4) is 11.5 Å². The SMILES string of the molecule is COc1cc(CNC(=O)/C=C/c2ccc(S(=O)(=O)N3CCOCC3)cc2)ccc1OC(F)F. The topological polar surface area (TPSA) is 94.2 Å². The summed E-state index contributed by atoms with van der Waals surface area (Å²) in [5.41, 5.74) is 1.29. The zero-order valence-corrected chi connectivity index (χ0v) is 18.7. The van der Waals surface area contributed by atoms with Crippen LogP contribution in [-0.4, -0.2) is 58.7 Å². The first-order valence-corrected chi connectivity index (χ1v) is 11.5. The van der Waals surface area contributed by atoms with Gasteiger partial charge in [0.05, 0.1) is 25.2 Å². The molecule has 1 N–H and O–H groups in total. The third-order valence-corrected chi connectivity index (χ3v) is 6.74. The molecule has 1 heterocycles. The third-order valence-electron chi connectivity index (χ3n) is 4.83. The number of halogens is 2. The number of hydrogen-bond acceptors (Lipinski definition) is 6. The first-order valence-electron chi connectivity index (χ1n) is 10.0. The van der Waals surface area contributed by atoms with Crippen molar-refractivity contribution in [1.29, 1.82) is 0 Å². The van der Waals surface area contributed by atoms with E-state index in [0.717, 1.165) is 0 Å².